The van der Waals surface area contributed by atoms with Crippen LogP contribution < -0.4 is 0 Å². The van der Waals surface area contributed by atoms with Crippen molar-refractivity contribution in [1.82, 2.24) is 10.2 Å². The average molecular weight is 489 g/mol. The normalized spacial score (nSPS) is 11.6. The molecule has 0 aliphatic heterocycles. The fourth-order valence-electron chi connectivity index (χ4n) is 3.91. The Morgan fingerprint density at radius 3 is 1.86 bits per heavy atom. The van der Waals surface area contributed by atoms with Crippen molar-refractivity contribution in [2.75, 3.05) is 0 Å². The molecule has 1 atom stereocenters. The zero-order valence-corrected chi connectivity index (χ0v) is 20.4. The van der Waals surface area contributed by atoms with Gasteiger partial charge in [0, 0.05) is 22.3 Å². The molecule has 5 aromatic rings. The van der Waals surface area contributed by atoms with E-state index >= 15 is 0 Å². The second-order valence-electron chi connectivity index (χ2n) is 8.72. The number of ketones is 1. The van der Waals surface area contributed by atoms with Gasteiger partial charge in [-0.15, -0.1) is 10.2 Å². The highest BCUT2D eigenvalue weighted by atomic mass is 16.5. The molecule has 4 aromatic carbocycles. The first-order chi connectivity index (χ1) is 18.0. The molecule has 0 fully saturated rings. The maximum absolute atomic E-state index is 13.4. The van der Waals surface area contributed by atoms with Crippen LogP contribution in [0.2, 0.25) is 0 Å². The number of hydrogen-bond acceptors (Lipinski definition) is 6. The van der Waals surface area contributed by atoms with Crippen LogP contribution in [0.5, 0.6) is 0 Å². The van der Waals surface area contributed by atoms with Crippen LogP contribution in [-0.2, 0) is 4.74 Å². The third-order valence-corrected chi connectivity index (χ3v) is 6.17. The summed E-state index contributed by atoms with van der Waals surface area (Å²) in [6.07, 6.45) is -1.07. The van der Waals surface area contributed by atoms with Crippen LogP contribution in [0.4, 0.5) is 0 Å². The Labute approximate surface area is 214 Å². The van der Waals surface area contributed by atoms with Gasteiger partial charge in [-0.3, -0.25) is 4.79 Å². The lowest BCUT2D eigenvalue weighted by Gasteiger charge is -2.18. The van der Waals surface area contributed by atoms with Crippen LogP contribution in [-0.4, -0.2) is 21.9 Å². The molecule has 1 aromatic heterocycles. The zero-order chi connectivity index (χ0) is 25.8. The standard InChI is InChI=1S/C31H24N2O4/c1-20-13-14-26(19-21(20)2)27(34)28(22-9-5-3-6-10-22)36-31(35)25-17-15-24(16-18-25)30-33-32-29(37-30)23-11-7-4-8-12-23/h3-19,28H,1-2H3/t28-/m1/s1. The molecule has 6 heteroatoms. The molecule has 0 amide bonds. The van der Waals surface area contributed by atoms with Gasteiger partial charge in [-0.2, -0.15) is 0 Å². The molecule has 5 rings (SSSR count). The second-order valence-corrected chi connectivity index (χ2v) is 8.72. The van der Waals surface area contributed by atoms with Gasteiger partial charge in [-0.05, 0) is 67.4 Å². The van der Waals surface area contributed by atoms with Crippen molar-refractivity contribution >= 4 is 11.8 Å². The lowest BCUT2D eigenvalue weighted by molar-refractivity contribution is 0.0280. The first kappa shape index (κ1) is 23.9. The fourth-order valence-corrected chi connectivity index (χ4v) is 3.91. The van der Waals surface area contributed by atoms with Gasteiger partial charge in [0.1, 0.15) is 0 Å². The number of aromatic nitrogens is 2. The minimum absolute atomic E-state index is 0.279. The van der Waals surface area contributed by atoms with E-state index in [-0.39, 0.29) is 5.78 Å². The van der Waals surface area contributed by atoms with E-state index in [4.69, 9.17) is 9.15 Å². The van der Waals surface area contributed by atoms with Gasteiger partial charge < -0.3 is 9.15 Å². The molecule has 37 heavy (non-hydrogen) atoms. The number of hydrogen-bond donors (Lipinski definition) is 0. The fraction of sp³-hybridized carbons (Fsp3) is 0.0968. The summed E-state index contributed by atoms with van der Waals surface area (Å²) in [5.74, 6) is -0.132. The number of benzene rings is 4. The Morgan fingerprint density at radius 2 is 1.24 bits per heavy atom. The number of ether oxygens (including phenoxy) is 1. The molecule has 0 spiro atoms. The molecule has 6 nitrogen and oxygen atoms in total. The molecule has 0 radical (unpaired) electrons. The van der Waals surface area contributed by atoms with Crippen LogP contribution in [0.1, 0.15) is 43.5 Å². The summed E-state index contributed by atoms with van der Waals surface area (Å²) < 4.78 is 11.6. The van der Waals surface area contributed by atoms with Gasteiger partial charge in [0.05, 0.1) is 5.56 Å². The molecule has 0 aliphatic rings. The molecule has 0 unspecified atom stereocenters. The first-order valence-corrected chi connectivity index (χ1v) is 11.9. The van der Waals surface area contributed by atoms with E-state index in [1.165, 1.54) is 0 Å². The molecule has 1 heterocycles. The number of aryl methyl sites for hydroxylation is 2. The van der Waals surface area contributed by atoms with E-state index in [2.05, 4.69) is 10.2 Å². The van der Waals surface area contributed by atoms with Gasteiger partial charge >= 0.3 is 5.97 Å². The van der Waals surface area contributed by atoms with Crippen molar-refractivity contribution in [3.05, 3.63) is 131 Å². The van der Waals surface area contributed by atoms with Crippen LogP contribution in [0.15, 0.2) is 108 Å². The molecular weight excluding hydrogens is 464 g/mol. The molecule has 0 saturated carbocycles. The number of esters is 1. The summed E-state index contributed by atoms with van der Waals surface area (Å²) in [5, 5.41) is 8.23. The van der Waals surface area contributed by atoms with Crippen molar-refractivity contribution in [3.8, 4) is 22.9 Å². The first-order valence-electron chi connectivity index (χ1n) is 11.9. The van der Waals surface area contributed by atoms with Crippen LogP contribution in [0.25, 0.3) is 22.9 Å². The highest BCUT2D eigenvalue weighted by Crippen LogP contribution is 2.27. The predicted octanol–water partition coefficient (Wildman–Crippen LogP) is 6.80. The van der Waals surface area contributed by atoms with Crippen LogP contribution in [0.3, 0.4) is 0 Å². The van der Waals surface area contributed by atoms with Crippen LogP contribution >= 0.6 is 0 Å². The largest absolute Gasteiger partial charge is 0.445 e. The summed E-state index contributed by atoms with van der Waals surface area (Å²) in [7, 11) is 0. The van der Waals surface area contributed by atoms with Gasteiger partial charge in [0.15, 0.2) is 6.10 Å². The Kier molecular flexibility index (Phi) is 6.72. The Hall–Kier alpha value is -4.84. The maximum Gasteiger partial charge on any atom is 0.339 e. The Morgan fingerprint density at radius 1 is 0.676 bits per heavy atom. The molecule has 0 bridgehead atoms. The Balaban J connectivity index is 1.37. The Bertz CT molecular complexity index is 1540. The van der Waals surface area contributed by atoms with Crippen molar-refractivity contribution in [2.24, 2.45) is 0 Å². The minimum Gasteiger partial charge on any atom is -0.445 e. The molecular formula is C31H24N2O4. The summed E-state index contributed by atoms with van der Waals surface area (Å²) in [5.41, 5.74) is 4.97. The van der Waals surface area contributed by atoms with E-state index in [1.54, 1.807) is 42.5 Å². The number of carbonyl (C=O) groups excluding carboxylic acids is 2. The lowest BCUT2D eigenvalue weighted by atomic mass is 9.97. The van der Waals surface area contributed by atoms with E-state index in [0.717, 1.165) is 16.7 Å². The third kappa shape index (κ3) is 5.23. The smallest absolute Gasteiger partial charge is 0.339 e. The van der Waals surface area contributed by atoms with E-state index in [0.29, 0.717) is 34.0 Å². The predicted molar refractivity (Wildman–Crippen MR) is 140 cm³/mol. The summed E-state index contributed by atoms with van der Waals surface area (Å²) in [6, 6.07) is 30.6. The maximum atomic E-state index is 13.4. The number of Topliss-reactive ketones (excluding diaryl/α,β-unsaturated/α-hetero) is 1. The highest BCUT2D eigenvalue weighted by molar-refractivity contribution is 6.02. The van der Waals surface area contributed by atoms with Crippen molar-refractivity contribution in [1.29, 1.82) is 0 Å². The monoisotopic (exact) mass is 488 g/mol. The molecule has 0 aliphatic carbocycles. The van der Waals surface area contributed by atoms with E-state index < -0.39 is 12.1 Å². The van der Waals surface area contributed by atoms with Crippen molar-refractivity contribution in [2.45, 2.75) is 20.0 Å². The highest BCUT2D eigenvalue weighted by Gasteiger charge is 2.27. The molecule has 0 saturated heterocycles. The average Bonchev–Trinajstić information content (AvgIpc) is 3.44. The second kappa shape index (κ2) is 10.4. The molecule has 0 N–H and O–H groups in total. The van der Waals surface area contributed by atoms with Gasteiger partial charge in [-0.1, -0.05) is 60.7 Å². The van der Waals surface area contributed by atoms with Gasteiger partial charge in [0.2, 0.25) is 17.6 Å². The van der Waals surface area contributed by atoms with Crippen molar-refractivity contribution < 1.29 is 18.7 Å². The van der Waals surface area contributed by atoms with E-state index in [9.17, 15) is 9.59 Å². The number of carbonyl (C=O) groups is 2. The lowest BCUT2D eigenvalue weighted by Crippen LogP contribution is -2.20. The minimum atomic E-state index is -1.07. The zero-order valence-electron chi connectivity index (χ0n) is 20.4. The SMILES string of the molecule is Cc1ccc(C(=O)[C@H](OC(=O)c2ccc(-c3nnc(-c4ccccc4)o3)cc2)c2ccccc2)cc1C. The molecule has 182 valence electrons. The number of rotatable bonds is 7. The number of nitrogens with zero attached hydrogens (tertiary/aromatic N) is 2. The topological polar surface area (TPSA) is 82.3 Å². The van der Waals surface area contributed by atoms with Crippen molar-refractivity contribution in [3.63, 3.8) is 0 Å². The van der Waals surface area contributed by atoms with Crippen LogP contribution in [0, 0.1) is 13.8 Å². The summed E-state index contributed by atoms with van der Waals surface area (Å²) in [4.78, 5) is 26.5. The van der Waals surface area contributed by atoms with Gasteiger partial charge in [-0.25, -0.2) is 4.79 Å². The van der Waals surface area contributed by atoms with Gasteiger partial charge in [0.25, 0.3) is 0 Å². The summed E-state index contributed by atoms with van der Waals surface area (Å²) >= 11 is 0. The summed E-state index contributed by atoms with van der Waals surface area (Å²) in [6.45, 7) is 3.93. The quantitative estimate of drug-likeness (QED) is 0.185. The van der Waals surface area contributed by atoms with E-state index in [1.807, 2.05) is 74.5 Å². The third-order valence-electron chi connectivity index (χ3n) is 6.17.